The van der Waals surface area contributed by atoms with Crippen molar-refractivity contribution in [2.45, 2.75) is 13.1 Å². The largest absolute Gasteiger partial charge is 0.405 e. The Bertz CT molecular complexity index is 1260. The van der Waals surface area contributed by atoms with Crippen molar-refractivity contribution < 1.29 is 18.0 Å². The Labute approximate surface area is 175 Å². The second kappa shape index (κ2) is 7.78. The van der Waals surface area contributed by atoms with E-state index in [1.165, 1.54) is 0 Å². The van der Waals surface area contributed by atoms with E-state index in [0.29, 0.717) is 5.69 Å². The van der Waals surface area contributed by atoms with E-state index in [0.717, 1.165) is 34.0 Å². The maximum Gasteiger partial charge on any atom is 0.405 e. The highest BCUT2D eigenvalue weighted by Crippen LogP contribution is 2.26. The Morgan fingerprint density at radius 1 is 1.10 bits per heavy atom. The molecule has 1 aromatic carbocycles. The van der Waals surface area contributed by atoms with E-state index in [1.54, 1.807) is 35.9 Å². The fourth-order valence-corrected chi connectivity index (χ4v) is 3.21. The van der Waals surface area contributed by atoms with Gasteiger partial charge in [0.25, 0.3) is 0 Å². The summed E-state index contributed by atoms with van der Waals surface area (Å²) >= 11 is 0. The third kappa shape index (κ3) is 4.37. The number of fused-ring (bicyclic) bond motifs is 1. The highest BCUT2D eigenvalue weighted by molar-refractivity contribution is 5.90. The molecule has 7 nitrogen and oxygen atoms in total. The van der Waals surface area contributed by atoms with Gasteiger partial charge in [0.15, 0.2) is 0 Å². The van der Waals surface area contributed by atoms with Gasteiger partial charge in [-0.25, -0.2) is 14.8 Å². The molecule has 0 saturated heterocycles. The Hall–Kier alpha value is -3.82. The van der Waals surface area contributed by atoms with Crippen molar-refractivity contribution in [1.29, 1.82) is 0 Å². The molecule has 10 heteroatoms. The van der Waals surface area contributed by atoms with E-state index in [2.05, 4.69) is 15.3 Å². The third-order valence-corrected chi connectivity index (χ3v) is 4.86. The second-order valence-corrected chi connectivity index (χ2v) is 7.07. The molecule has 4 rings (SSSR count). The van der Waals surface area contributed by atoms with Crippen LogP contribution in [0.15, 0.2) is 55.0 Å². The molecule has 0 saturated carbocycles. The minimum atomic E-state index is -4.47. The highest BCUT2D eigenvalue weighted by atomic mass is 19.4. The molecule has 31 heavy (non-hydrogen) atoms. The molecule has 0 atom stereocenters. The average molecular weight is 428 g/mol. The van der Waals surface area contributed by atoms with E-state index in [1.807, 2.05) is 47.3 Å². The predicted octanol–water partition coefficient (Wildman–Crippen LogP) is 4.39. The van der Waals surface area contributed by atoms with Crippen LogP contribution < -0.4 is 10.6 Å². The Kier molecular flexibility index (Phi) is 5.14. The van der Waals surface area contributed by atoms with Gasteiger partial charge >= 0.3 is 12.2 Å². The van der Waals surface area contributed by atoms with Crippen LogP contribution in [0.1, 0.15) is 5.69 Å². The van der Waals surface area contributed by atoms with Crippen molar-refractivity contribution >= 4 is 17.4 Å². The van der Waals surface area contributed by atoms with Crippen molar-refractivity contribution in [2.75, 3.05) is 11.9 Å². The number of anilines is 1. The number of halogens is 3. The lowest BCUT2D eigenvalue weighted by Crippen LogP contribution is -2.36. The summed E-state index contributed by atoms with van der Waals surface area (Å²) in [5.41, 5.74) is 4.58. The minimum Gasteiger partial charge on any atom is -0.331 e. The van der Waals surface area contributed by atoms with Gasteiger partial charge in [-0.15, -0.1) is 0 Å². The summed E-state index contributed by atoms with van der Waals surface area (Å²) in [6.45, 7) is 0.580. The van der Waals surface area contributed by atoms with Crippen LogP contribution in [0.25, 0.3) is 28.3 Å². The number of amides is 2. The van der Waals surface area contributed by atoms with Crippen LogP contribution >= 0.6 is 0 Å². The Morgan fingerprint density at radius 3 is 2.61 bits per heavy atom. The van der Waals surface area contributed by atoms with Gasteiger partial charge in [-0.3, -0.25) is 4.40 Å². The maximum atomic E-state index is 12.3. The first-order valence-electron chi connectivity index (χ1n) is 9.39. The first kappa shape index (κ1) is 20.5. The lowest BCUT2D eigenvalue weighted by Gasteiger charge is -2.11. The van der Waals surface area contributed by atoms with Gasteiger partial charge in [-0.1, -0.05) is 12.1 Å². The molecule has 3 aromatic heterocycles. The number of alkyl halides is 3. The Balaban J connectivity index is 1.58. The molecule has 0 aliphatic rings. The van der Waals surface area contributed by atoms with Gasteiger partial charge in [-0.05, 0) is 31.2 Å². The van der Waals surface area contributed by atoms with Gasteiger partial charge < -0.3 is 15.2 Å². The molecule has 0 fully saturated rings. The normalized spacial score (nSPS) is 11.6. The summed E-state index contributed by atoms with van der Waals surface area (Å²) in [6.07, 6.45) is 0.918. The van der Waals surface area contributed by atoms with E-state index >= 15 is 0 Å². The molecule has 0 aliphatic carbocycles. The lowest BCUT2D eigenvalue weighted by atomic mass is 10.1. The summed E-state index contributed by atoms with van der Waals surface area (Å²) < 4.78 is 40.7. The lowest BCUT2D eigenvalue weighted by molar-refractivity contribution is -0.122. The van der Waals surface area contributed by atoms with Crippen LogP contribution in [0.3, 0.4) is 0 Å². The SMILES string of the molecule is Cc1cnc(-c2ccn3c(-c4cccc(NC(=O)NCC(F)(F)F)c4)cnc3c2)n1C. The molecule has 2 N–H and O–H groups in total. The van der Waals surface area contributed by atoms with Gasteiger partial charge in [-0.2, -0.15) is 13.2 Å². The number of pyridine rings is 1. The first-order chi connectivity index (χ1) is 14.7. The van der Waals surface area contributed by atoms with Gasteiger partial charge in [0, 0.05) is 41.9 Å². The molecule has 0 aliphatic heterocycles. The van der Waals surface area contributed by atoms with E-state index in [4.69, 9.17) is 0 Å². The number of benzene rings is 1. The number of rotatable bonds is 4. The number of carbonyl (C=O) groups excluding carboxylic acids is 1. The third-order valence-electron chi connectivity index (χ3n) is 4.86. The van der Waals surface area contributed by atoms with Crippen molar-refractivity contribution in [1.82, 2.24) is 24.3 Å². The van der Waals surface area contributed by atoms with Crippen LogP contribution in [0.2, 0.25) is 0 Å². The molecular formula is C21H19F3N6O. The standard InChI is InChI=1S/C21H19F3N6O/c1-13-10-26-19(29(13)2)15-6-7-30-17(11-25-18(30)9-15)14-4-3-5-16(8-14)28-20(31)27-12-21(22,23)24/h3-11H,12H2,1-2H3,(H2,27,28,31). The van der Waals surface area contributed by atoms with Gasteiger partial charge in [0.1, 0.15) is 18.0 Å². The van der Waals surface area contributed by atoms with Crippen molar-refractivity contribution in [3.05, 3.63) is 60.7 Å². The zero-order chi connectivity index (χ0) is 22.2. The number of imidazole rings is 2. The van der Waals surface area contributed by atoms with Gasteiger partial charge in [0.05, 0.1) is 11.9 Å². The van der Waals surface area contributed by atoms with E-state index in [-0.39, 0.29) is 0 Å². The second-order valence-electron chi connectivity index (χ2n) is 7.07. The fourth-order valence-electron chi connectivity index (χ4n) is 3.21. The number of hydrogen-bond donors (Lipinski definition) is 2. The molecule has 0 radical (unpaired) electrons. The number of urea groups is 1. The highest BCUT2D eigenvalue weighted by Gasteiger charge is 2.27. The quantitative estimate of drug-likeness (QED) is 0.506. The number of carbonyl (C=O) groups is 1. The minimum absolute atomic E-state index is 0.368. The molecular weight excluding hydrogens is 409 g/mol. The topological polar surface area (TPSA) is 76.2 Å². The molecule has 0 unspecified atom stereocenters. The summed E-state index contributed by atoms with van der Waals surface area (Å²) in [4.78, 5) is 20.6. The van der Waals surface area contributed by atoms with Gasteiger partial charge in [0.2, 0.25) is 0 Å². The molecule has 3 heterocycles. The number of aryl methyl sites for hydroxylation is 1. The van der Waals surface area contributed by atoms with E-state index < -0.39 is 18.8 Å². The van der Waals surface area contributed by atoms with Crippen molar-refractivity contribution in [2.24, 2.45) is 7.05 Å². The van der Waals surface area contributed by atoms with Crippen LogP contribution in [-0.4, -0.2) is 37.7 Å². The monoisotopic (exact) mass is 428 g/mol. The van der Waals surface area contributed by atoms with Crippen LogP contribution in [0.4, 0.5) is 23.7 Å². The van der Waals surface area contributed by atoms with Crippen LogP contribution in [-0.2, 0) is 7.05 Å². The maximum absolute atomic E-state index is 12.3. The molecule has 160 valence electrons. The summed E-state index contributed by atoms with van der Waals surface area (Å²) in [6, 6.07) is 9.75. The number of nitrogens with one attached hydrogen (secondary N) is 2. The zero-order valence-corrected chi connectivity index (χ0v) is 16.7. The molecule has 4 aromatic rings. The van der Waals surface area contributed by atoms with Crippen molar-refractivity contribution in [3.63, 3.8) is 0 Å². The Morgan fingerprint density at radius 2 is 1.90 bits per heavy atom. The predicted molar refractivity (Wildman–Crippen MR) is 111 cm³/mol. The van der Waals surface area contributed by atoms with Crippen LogP contribution in [0.5, 0.6) is 0 Å². The molecule has 2 amide bonds. The average Bonchev–Trinajstić information content (AvgIpc) is 3.29. The summed E-state index contributed by atoms with van der Waals surface area (Å²) in [5, 5.41) is 4.20. The summed E-state index contributed by atoms with van der Waals surface area (Å²) in [5.74, 6) is 0.834. The zero-order valence-electron chi connectivity index (χ0n) is 16.7. The molecule has 0 bridgehead atoms. The smallest absolute Gasteiger partial charge is 0.331 e. The first-order valence-corrected chi connectivity index (χ1v) is 9.39. The number of nitrogens with zero attached hydrogens (tertiary/aromatic N) is 4. The number of aromatic nitrogens is 4. The number of hydrogen-bond acceptors (Lipinski definition) is 3. The summed E-state index contributed by atoms with van der Waals surface area (Å²) in [7, 11) is 1.95. The van der Waals surface area contributed by atoms with E-state index in [9.17, 15) is 18.0 Å². The van der Waals surface area contributed by atoms with Crippen LogP contribution in [0, 0.1) is 6.92 Å². The molecule has 0 spiro atoms. The fraction of sp³-hybridized carbons (Fsp3) is 0.190. The van der Waals surface area contributed by atoms with Crippen molar-refractivity contribution in [3.8, 4) is 22.6 Å².